The van der Waals surface area contributed by atoms with Crippen molar-refractivity contribution in [2.75, 3.05) is 6.79 Å². The molecule has 2 N–H and O–H groups in total. The fourth-order valence-electron chi connectivity index (χ4n) is 2.71. The van der Waals surface area contributed by atoms with Crippen LogP contribution in [0, 0.1) is 5.92 Å². The number of hydrogen-bond donors (Lipinski definition) is 1. The molecule has 0 radical (unpaired) electrons. The zero-order chi connectivity index (χ0) is 11.0. The zero-order valence-corrected chi connectivity index (χ0v) is 10.5. The molecule has 1 aliphatic carbocycles. The summed E-state index contributed by atoms with van der Waals surface area (Å²) >= 11 is 0. The van der Waals surface area contributed by atoms with Gasteiger partial charge in [0.15, 0.2) is 11.5 Å². The second-order valence-corrected chi connectivity index (χ2v) is 4.68. The van der Waals surface area contributed by atoms with Crippen molar-refractivity contribution in [3.63, 3.8) is 0 Å². The number of benzene rings is 1. The number of rotatable bonds is 2. The molecule has 1 saturated carbocycles. The van der Waals surface area contributed by atoms with Gasteiger partial charge in [0.1, 0.15) is 0 Å². The molecule has 1 aromatic rings. The van der Waals surface area contributed by atoms with E-state index in [2.05, 4.69) is 6.07 Å². The molecule has 2 aliphatic rings. The highest BCUT2D eigenvalue weighted by Crippen LogP contribution is 2.38. The van der Waals surface area contributed by atoms with Gasteiger partial charge in [-0.1, -0.05) is 18.9 Å². The normalized spacial score (nSPS) is 20.1. The van der Waals surface area contributed by atoms with Gasteiger partial charge in [0.05, 0.1) is 0 Å². The molecule has 1 heterocycles. The van der Waals surface area contributed by atoms with Crippen molar-refractivity contribution in [3.8, 4) is 11.5 Å². The molecule has 1 atom stereocenters. The Labute approximate surface area is 108 Å². The Balaban J connectivity index is 0.00000108. The Morgan fingerprint density at radius 3 is 2.59 bits per heavy atom. The van der Waals surface area contributed by atoms with Crippen LogP contribution in [0.5, 0.6) is 11.5 Å². The predicted molar refractivity (Wildman–Crippen MR) is 68.7 cm³/mol. The predicted octanol–water partition coefficient (Wildman–Crippen LogP) is 3.03. The third-order valence-corrected chi connectivity index (χ3v) is 3.69. The monoisotopic (exact) mass is 255 g/mol. The SMILES string of the molecule is Cl.N[C@H](c1ccc2c(c1)OCO2)C1CCCC1. The lowest BCUT2D eigenvalue weighted by atomic mass is 9.92. The maximum Gasteiger partial charge on any atom is 0.231 e. The van der Waals surface area contributed by atoms with Crippen molar-refractivity contribution in [1.29, 1.82) is 0 Å². The molecule has 0 spiro atoms. The van der Waals surface area contributed by atoms with Gasteiger partial charge in [0.25, 0.3) is 0 Å². The maximum atomic E-state index is 6.30. The van der Waals surface area contributed by atoms with Crippen LogP contribution >= 0.6 is 12.4 Å². The minimum atomic E-state index is 0. The summed E-state index contributed by atoms with van der Waals surface area (Å²) in [5.41, 5.74) is 7.47. The van der Waals surface area contributed by atoms with Gasteiger partial charge in [-0.15, -0.1) is 12.4 Å². The molecule has 1 aromatic carbocycles. The second-order valence-electron chi connectivity index (χ2n) is 4.68. The smallest absolute Gasteiger partial charge is 0.231 e. The van der Waals surface area contributed by atoms with Gasteiger partial charge >= 0.3 is 0 Å². The molecule has 4 heteroatoms. The highest BCUT2D eigenvalue weighted by molar-refractivity contribution is 5.85. The standard InChI is InChI=1S/C13H17NO2.ClH/c14-13(9-3-1-2-4-9)10-5-6-11-12(7-10)16-8-15-11;/h5-7,9,13H,1-4,8,14H2;1H/t13-;/m0./s1. The van der Waals surface area contributed by atoms with E-state index in [1.165, 1.54) is 31.2 Å². The van der Waals surface area contributed by atoms with Crippen LogP contribution in [0.3, 0.4) is 0 Å². The lowest BCUT2D eigenvalue weighted by Gasteiger charge is -2.19. The summed E-state index contributed by atoms with van der Waals surface area (Å²) in [7, 11) is 0. The molecule has 1 fully saturated rings. The van der Waals surface area contributed by atoms with Gasteiger partial charge in [-0.25, -0.2) is 0 Å². The van der Waals surface area contributed by atoms with E-state index in [0.717, 1.165) is 11.5 Å². The number of fused-ring (bicyclic) bond motifs is 1. The summed E-state index contributed by atoms with van der Waals surface area (Å²) in [6, 6.07) is 6.21. The molecular formula is C13H18ClNO2. The first-order valence-corrected chi connectivity index (χ1v) is 6.00. The topological polar surface area (TPSA) is 44.5 Å². The lowest BCUT2D eigenvalue weighted by Crippen LogP contribution is -2.18. The van der Waals surface area contributed by atoms with E-state index >= 15 is 0 Å². The minimum absolute atomic E-state index is 0. The molecule has 3 rings (SSSR count). The lowest BCUT2D eigenvalue weighted by molar-refractivity contribution is 0.174. The quantitative estimate of drug-likeness (QED) is 0.884. The van der Waals surface area contributed by atoms with Crippen LogP contribution in [0.15, 0.2) is 18.2 Å². The number of halogens is 1. The first-order chi connectivity index (χ1) is 7.84. The largest absolute Gasteiger partial charge is 0.454 e. The van der Waals surface area contributed by atoms with Crippen molar-refractivity contribution < 1.29 is 9.47 Å². The van der Waals surface area contributed by atoms with Crippen molar-refractivity contribution in [2.24, 2.45) is 11.7 Å². The molecule has 17 heavy (non-hydrogen) atoms. The number of ether oxygens (including phenoxy) is 2. The Kier molecular flexibility index (Phi) is 3.79. The molecule has 0 bridgehead atoms. The van der Waals surface area contributed by atoms with Gasteiger partial charge in [-0.3, -0.25) is 0 Å². The van der Waals surface area contributed by atoms with Crippen LogP contribution in [-0.4, -0.2) is 6.79 Å². The molecule has 94 valence electrons. The molecule has 0 saturated heterocycles. The van der Waals surface area contributed by atoms with Crippen LogP contribution < -0.4 is 15.2 Å². The summed E-state index contributed by atoms with van der Waals surface area (Å²) < 4.78 is 10.7. The molecular weight excluding hydrogens is 238 g/mol. The van der Waals surface area contributed by atoms with Crippen LogP contribution in [0.4, 0.5) is 0 Å². The summed E-state index contributed by atoms with van der Waals surface area (Å²) in [4.78, 5) is 0. The average Bonchev–Trinajstić information content (AvgIpc) is 2.98. The number of hydrogen-bond acceptors (Lipinski definition) is 3. The highest BCUT2D eigenvalue weighted by atomic mass is 35.5. The number of nitrogens with two attached hydrogens (primary N) is 1. The average molecular weight is 256 g/mol. The fourth-order valence-corrected chi connectivity index (χ4v) is 2.71. The molecule has 0 unspecified atom stereocenters. The third-order valence-electron chi connectivity index (χ3n) is 3.69. The third kappa shape index (κ3) is 2.35. The van der Waals surface area contributed by atoms with E-state index < -0.39 is 0 Å². The first-order valence-electron chi connectivity index (χ1n) is 6.00. The first kappa shape index (κ1) is 12.5. The zero-order valence-electron chi connectivity index (χ0n) is 9.72. The van der Waals surface area contributed by atoms with Crippen LogP contribution in [0.25, 0.3) is 0 Å². The fraction of sp³-hybridized carbons (Fsp3) is 0.538. The van der Waals surface area contributed by atoms with Crippen LogP contribution in [0.1, 0.15) is 37.3 Å². The molecule has 3 nitrogen and oxygen atoms in total. The van der Waals surface area contributed by atoms with Gasteiger partial charge in [0.2, 0.25) is 6.79 Å². The van der Waals surface area contributed by atoms with Crippen molar-refractivity contribution in [2.45, 2.75) is 31.7 Å². The highest BCUT2D eigenvalue weighted by Gasteiger charge is 2.24. The van der Waals surface area contributed by atoms with Crippen molar-refractivity contribution in [3.05, 3.63) is 23.8 Å². The van der Waals surface area contributed by atoms with E-state index in [0.29, 0.717) is 12.7 Å². The van der Waals surface area contributed by atoms with E-state index in [9.17, 15) is 0 Å². The van der Waals surface area contributed by atoms with Gasteiger partial charge in [-0.05, 0) is 36.5 Å². The van der Waals surface area contributed by atoms with Crippen molar-refractivity contribution >= 4 is 12.4 Å². The van der Waals surface area contributed by atoms with Gasteiger partial charge in [0, 0.05) is 6.04 Å². The second kappa shape index (κ2) is 5.15. The van der Waals surface area contributed by atoms with E-state index in [1.54, 1.807) is 0 Å². The summed E-state index contributed by atoms with van der Waals surface area (Å²) in [5, 5.41) is 0. The van der Waals surface area contributed by atoms with Crippen molar-refractivity contribution in [1.82, 2.24) is 0 Å². The van der Waals surface area contributed by atoms with Crippen LogP contribution in [0.2, 0.25) is 0 Å². The Hall–Kier alpha value is -0.930. The molecule has 0 aromatic heterocycles. The van der Waals surface area contributed by atoms with Crippen LogP contribution in [-0.2, 0) is 0 Å². The molecule has 0 amide bonds. The molecule has 1 aliphatic heterocycles. The minimum Gasteiger partial charge on any atom is -0.454 e. The Morgan fingerprint density at radius 1 is 1.12 bits per heavy atom. The Morgan fingerprint density at radius 2 is 1.82 bits per heavy atom. The summed E-state index contributed by atoms with van der Waals surface area (Å²) in [6.07, 6.45) is 5.16. The Bertz CT molecular complexity index is 391. The van der Waals surface area contributed by atoms with E-state index in [1.807, 2.05) is 12.1 Å². The summed E-state index contributed by atoms with van der Waals surface area (Å²) in [5.74, 6) is 2.31. The van der Waals surface area contributed by atoms with Gasteiger partial charge < -0.3 is 15.2 Å². The maximum absolute atomic E-state index is 6.30. The summed E-state index contributed by atoms with van der Waals surface area (Å²) in [6.45, 7) is 0.331. The van der Waals surface area contributed by atoms with Gasteiger partial charge in [-0.2, -0.15) is 0 Å². The van der Waals surface area contributed by atoms with E-state index in [4.69, 9.17) is 15.2 Å². The van der Waals surface area contributed by atoms with E-state index in [-0.39, 0.29) is 18.4 Å².